The Kier molecular flexibility index (Phi) is 5.32. The molecule has 5 rings (SSSR count). The van der Waals surface area contributed by atoms with Crippen molar-refractivity contribution in [3.05, 3.63) is 82.2 Å². The van der Waals surface area contributed by atoms with Crippen LogP contribution < -0.4 is 10.4 Å². The predicted octanol–water partition coefficient (Wildman–Crippen LogP) is 3.65. The first-order valence-electron chi connectivity index (χ1n) is 10.9. The maximum Gasteiger partial charge on any atom is 0.323 e. The zero-order valence-corrected chi connectivity index (χ0v) is 19.5. The fraction of sp³-hybridized carbons (Fsp3) is 0.250. The topological polar surface area (TPSA) is 128 Å². The molecule has 1 aliphatic carbocycles. The number of furan rings is 1. The quantitative estimate of drug-likeness (QED) is 0.372. The molecule has 176 valence electrons. The lowest BCUT2D eigenvalue weighted by atomic mass is 10.1. The minimum atomic E-state index is -4.02. The molecule has 1 fully saturated rings. The van der Waals surface area contributed by atoms with Crippen molar-refractivity contribution >= 4 is 32.7 Å². The molecule has 10 heteroatoms. The Morgan fingerprint density at radius 2 is 1.85 bits per heavy atom. The highest BCUT2D eigenvalue weighted by Crippen LogP contribution is 2.47. The average molecular weight is 481 g/mol. The number of carbonyl (C=O) groups excluding carboxylic acids is 1. The number of hydrogen-bond acceptors (Lipinski definition) is 5. The van der Waals surface area contributed by atoms with E-state index >= 15 is 0 Å². The number of hydrogen-bond donors (Lipinski definition) is 3. The van der Waals surface area contributed by atoms with Crippen LogP contribution in [0, 0.1) is 5.92 Å². The molecule has 0 radical (unpaired) electrons. The third-order valence-electron chi connectivity index (χ3n) is 6.10. The van der Waals surface area contributed by atoms with E-state index in [9.17, 15) is 18.0 Å². The predicted molar refractivity (Wildman–Crippen MR) is 127 cm³/mol. The Bertz CT molecular complexity index is 1550. The second-order valence-electron chi connectivity index (χ2n) is 8.72. The molecule has 2 heterocycles. The Labute approximate surface area is 195 Å². The molecule has 1 amide bonds. The maximum absolute atomic E-state index is 13.2. The van der Waals surface area contributed by atoms with Crippen molar-refractivity contribution in [3.63, 3.8) is 0 Å². The zero-order valence-electron chi connectivity index (χ0n) is 18.7. The minimum Gasteiger partial charge on any atom is -0.464 e. The number of anilines is 1. The van der Waals surface area contributed by atoms with Gasteiger partial charge < -0.3 is 19.3 Å². The molecule has 1 aliphatic rings. The van der Waals surface area contributed by atoms with Gasteiger partial charge in [-0.05, 0) is 54.8 Å². The number of aromatic nitrogens is 2. The number of nitrogens with zero attached hydrogens (tertiary/aromatic N) is 1. The van der Waals surface area contributed by atoms with Crippen molar-refractivity contribution in [1.82, 2.24) is 14.9 Å². The van der Waals surface area contributed by atoms with Crippen LogP contribution in [-0.4, -0.2) is 36.2 Å². The van der Waals surface area contributed by atoms with E-state index in [1.807, 2.05) is 12.1 Å². The molecule has 0 bridgehead atoms. The molecule has 1 saturated carbocycles. The summed E-state index contributed by atoms with van der Waals surface area (Å²) in [5.41, 5.74) is 0.821. The number of H-pyrrole nitrogens is 2. The fourth-order valence-electron chi connectivity index (χ4n) is 4.05. The van der Waals surface area contributed by atoms with Crippen LogP contribution in [-0.2, 0) is 16.6 Å². The Morgan fingerprint density at radius 1 is 1.12 bits per heavy atom. The van der Waals surface area contributed by atoms with Crippen LogP contribution in [0.25, 0.3) is 11.0 Å². The van der Waals surface area contributed by atoms with E-state index in [1.54, 1.807) is 25.2 Å². The Hall–Kier alpha value is -3.79. The molecule has 3 N–H and O–H groups in total. The molecule has 0 spiro atoms. The number of imidazole rings is 1. The zero-order chi connectivity index (χ0) is 24.0. The standard InChI is InChI=1S/C24H24N4O5S/c1-14-11-18(14)22-10-7-15(33-22)13-28(2)23(29)17-5-3-4-6-19(17)27-34(31,32)16-8-9-20-21(12-16)26-24(30)25-20/h3-10,12,14,18,27H,11,13H2,1-2H3,(H2,25,26,30)/t14-,18-/m0/s1. The van der Waals surface area contributed by atoms with Gasteiger partial charge in [0.05, 0.1) is 33.7 Å². The van der Waals surface area contributed by atoms with E-state index in [1.165, 1.54) is 29.2 Å². The normalized spacial score (nSPS) is 17.6. The van der Waals surface area contributed by atoms with Crippen LogP contribution in [0.2, 0.25) is 0 Å². The maximum atomic E-state index is 13.2. The van der Waals surface area contributed by atoms with Crippen molar-refractivity contribution in [2.75, 3.05) is 11.8 Å². The summed E-state index contributed by atoms with van der Waals surface area (Å²) in [5.74, 6) is 2.35. The van der Waals surface area contributed by atoms with Gasteiger partial charge in [-0.3, -0.25) is 9.52 Å². The lowest BCUT2D eigenvalue weighted by molar-refractivity contribution is 0.0776. The molecule has 0 unspecified atom stereocenters. The molecular weight excluding hydrogens is 456 g/mol. The summed E-state index contributed by atoms with van der Waals surface area (Å²) in [6.45, 7) is 2.44. The van der Waals surface area contributed by atoms with Gasteiger partial charge in [0.25, 0.3) is 15.9 Å². The first-order chi connectivity index (χ1) is 16.2. The monoisotopic (exact) mass is 480 g/mol. The highest BCUT2D eigenvalue weighted by Gasteiger charge is 2.36. The lowest BCUT2D eigenvalue weighted by Gasteiger charge is -2.18. The Morgan fingerprint density at radius 3 is 2.62 bits per heavy atom. The molecular formula is C24H24N4O5S. The van der Waals surface area contributed by atoms with E-state index in [0.717, 1.165) is 12.2 Å². The van der Waals surface area contributed by atoms with Gasteiger partial charge in [-0.25, -0.2) is 13.2 Å². The number of para-hydroxylation sites is 1. The van der Waals surface area contributed by atoms with E-state index in [0.29, 0.717) is 28.6 Å². The lowest BCUT2D eigenvalue weighted by Crippen LogP contribution is -2.27. The second-order valence-corrected chi connectivity index (χ2v) is 10.4. The van der Waals surface area contributed by atoms with Crippen LogP contribution in [0.4, 0.5) is 5.69 Å². The molecule has 2 atom stereocenters. The summed E-state index contributed by atoms with van der Waals surface area (Å²) in [4.78, 5) is 31.2. The van der Waals surface area contributed by atoms with Crippen LogP contribution in [0.1, 0.15) is 41.1 Å². The van der Waals surface area contributed by atoms with Gasteiger partial charge in [-0.1, -0.05) is 19.1 Å². The minimum absolute atomic E-state index is 0.0386. The van der Waals surface area contributed by atoms with Crippen molar-refractivity contribution in [2.24, 2.45) is 5.92 Å². The largest absolute Gasteiger partial charge is 0.464 e. The van der Waals surface area contributed by atoms with E-state index < -0.39 is 15.7 Å². The number of nitrogens with one attached hydrogen (secondary N) is 3. The van der Waals surface area contributed by atoms with Crippen molar-refractivity contribution < 1.29 is 17.6 Å². The summed E-state index contributed by atoms with van der Waals surface area (Å²) in [6, 6.07) is 14.5. The third kappa shape index (κ3) is 4.24. The van der Waals surface area contributed by atoms with E-state index in [-0.39, 0.29) is 28.6 Å². The molecule has 0 saturated heterocycles. The number of amides is 1. The number of benzene rings is 2. The van der Waals surface area contributed by atoms with E-state index in [4.69, 9.17) is 4.42 Å². The van der Waals surface area contributed by atoms with Gasteiger partial charge in [0, 0.05) is 13.0 Å². The van der Waals surface area contributed by atoms with Crippen LogP contribution >= 0.6 is 0 Å². The van der Waals surface area contributed by atoms with Crippen LogP contribution in [0.5, 0.6) is 0 Å². The SMILES string of the molecule is C[C@H]1C[C@@H]1c1ccc(CN(C)C(=O)c2ccccc2NS(=O)(=O)c2ccc3[nH]c(=O)[nH]c3c2)o1. The molecule has 34 heavy (non-hydrogen) atoms. The summed E-state index contributed by atoms with van der Waals surface area (Å²) >= 11 is 0. The van der Waals surface area contributed by atoms with Crippen LogP contribution in [0.15, 0.2) is 68.7 Å². The number of carbonyl (C=O) groups is 1. The second kappa shape index (κ2) is 8.21. The average Bonchev–Trinajstić information content (AvgIpc) is 3.17. The fourth-order valence-corrected chi connectivity index (χ4v) is 5.16. The first kappa shape index (κ1) is 22.0. The highest BCUT2D eigenvalue weighted by atomic mass is 32.2. The van der Waals surface area contributed by atoms with Crippen LogP contribution in [0.3, 0.4) is 0 Å². The molecule has 4 aromatic rings. The number of fused-ring (bicyclic) bond motifs is 1. The number of sulfonamides is 1. The van der Waals surface area contributed by atoms with E-state index in [2.05, 4.69) is 21.6 Å². The van der Waals surface area contributed by atoms with Gasteiger partial charge in [0.1, 0.15) is 11.5 Å². The highest BCUT2D eigenvalue weighted by molar-refractivity contribution is 7.92. The number of aromatic amines is 2. The van der Waals surface area contributed by atoms with Gasteiger partial charge in [0.15, 0.2) is 0 Å². The smallest absolute Gasteiger partial charge is 0.323 e. The van der Waals surface area contributed by atoms with Gasteiger partial charge in [-0.15, -0.1) is 0 Å². The Balaban J connectivity index is 1.36. The summed E-state index contributed by atoms with van der Waals surface area (Å²) < 4.78 is 34.5. The van der Waals surface area contributed by atoms with Crippen molar-refractivity contribution in [2.45, 2.75) is 30.7 Å². The molecule has 2 aromatic heterocycles. The molecule has 0 aliphatic heterocycles. The number of rotatable bonds is 7. The van der Waals surface area contributed by atoms with Gasteiger partial charge >= 0.3 is 5.69 Å². The van der Waals surface area contributed by atoms with Crippen molar-refractivity contribution in [1.29, 1.82) is 0 Å². The van der Waals surface area contributed by atoms with Gasteiger partial charge in [-0.2, -0.15) is 0 Å². The first-order valence-corrected chi connectivity index (χ1v) is 12.4. The summed E-state index contributed by atoms with van der Waals surface area (Å²) in [5, 5.41) is 0. The molecule has 9 nitrogen and oxygen atoms in total. The summed E-state index contributed by atoms with van der Waals surface area (Å²) in [6.07, 6.45) is 1.11. The third-order valence-corrected chi connectivity index (χ3v) is 7.46. The summed E-state index contributed by atoms with van der Waals surface area (Å²) in [7, 11) is -2.37. The van der Waals surface area contributed by atoms with Gasteiger partial charge in [0.2, 0.25) is 0 Å². The molecule has 2 aromatic carbocycles. The van der Waals surface area contributed by atoms with Crippen molar-refractivity contribution in [3.8, 4) is 0 Å².